The van der Waals surface area contributed by atoms with Gasteiger partial charge in [0, 0.05) is 0 Å². The van der Waals surface area contributed by atoms with Crippen LogP contribution in [0.4, 0.5) is 0 Å². The van der Waals surface area contributed by atoms with E-state index in [1.807, 2.05) is 10.8 Å². The molecule has 0 bridgehead atoms. The zero-order valence-electron chi connectivity index (χ0n) is 16.5. The van der Waals surface area contributed by atoms with E-state index in [0.717, 1.165) is 13.0 Å². The highest BCUT2D eigenvalue weighted by Crippen LogP contribution is 2.41. The quantitative estimate of drug-likeness (QED) is 0.189. The second-order valence-corrected chi connectivity index (χ2v) is 8.89. The predicted molar refractivity (Wildman–Crippen MR) is 106 cm³/mol. The summed E-state index contributed by atoms with van der Waals surface area (Å²) < 4.78 is 8.37. The van der Waals surface area contributed by atoms with E-state index < -0.39 is 7.94 Å². The van der Waals surface area contributed by atoms with Gasteiger partial charge >= 0.3 is 7.94 Å². The van der Waals surface area contributed by atoms with Crippen molar-refractivity contribution < 1.29 is 19.0 Å². The van der Waals surface area contributed by atoms with Crippen molar-refractivity contribution in [1.82, 2.24) is 4.73 Å². The molecule has 1 unspecified atom stereocenters. The largest absolute Gasteiger partial charge is 0.620 e. The van der Waals surface area contributed by atoms with Gasteiger partial charge in [-0.05, 0) is 23.6 Å². The fourth-order valence-electron chi connectivity index (χ4n) is 3.03. The molecular weight excluding hydrogens is 347 g/mol. The summed E-state index contributed by atoms with van der Waals surface area (Å²) >= 11 is 0. The van der Waals surface area contributed by atoms with E-state index >= 15 is 0 Å². The lowest BCUT2D eigenvalue weighted by molar-refractivity contribution is -0.697. The first-order valence-corrected chi connectivity index (χ1v) is 12.0. The van der Waals surface area contributed by atoms with Crippen molar-refractivity contribution in [3.8, 4) is 0 Å². The second-order valence-electron chi connectivity index (χ2n) is 7.09. The van der Waals surface area contributed by atoms with Crippen LogP contribution in [0, 0.1) is 0 Å². The number of aromatic nitrogens is 2. The number of rotatable bonds is 17. The molecule has 1 aromatic heterocycles. The Labute approximate surface area is 160 Å². The first-order chi connectivity index (χ1) is 12.6. The van der Waals surface area contributed by atoms with Crippen LogP contribution < -0.4 is 14.1 Å². The van der Waals surface area contributed by atoms with Crippen molar-refractivity contribution in [3.05, 3.63) is 31.4 Å². The number of hydrogen-bond acceptors (Lipinski definition) is 3. The Morgan fingerprint density at radius 2 is 1.58 bits per heavy atom. The highest BCUT2D eigenvalue weighted by atomic mass is 31.2. The molecule has 0 amide bonds. The minimum absolute atomic E-state index is 0.0517. The molecule has 26 heavy (non-hydrogen) atoms. The summed E-state index contributed by atoms with van der Waals surface area (Å²) in [4.78, 5) is 21.3. The van der Waals surface area contributed by atoms with E-state index in [2.05, 4.69) is 13.5 Å². The van der Waals surface area contributed by atoms with E-state index in [1.165, 1.54) is 81.4 Å². The maximum absolute atomic E-state index is 11.7. The molecule has 0 spiro atoms. The van der Waals surface area contributed by atoms with E-state index in [-0.39, 0.29) is 6.16 Å². The lowest BCUT2D eigenvalue weighted by Gasteiger charge is -2.15. The van der Waals surface area contributed by atoms with Crippen LogP contribution in [0.25, 0.3) is 0 Å². The summed E-state index contributed by atoms with van der Waals surface area (Å²) in [5, 5.41) is 0. The smallest absolute Gasteiger partial charge is 0.343 e. The Balaban J connectivity index is 1.99. The molecule has 1 rings (SSSR count). The van der Waals surface area contributed by atoms with Crippen LogP contribution in [-0.4, -0.2) is 15.8 Å². The molecule has 5 nitrogen and oxygen atoms in total. The molecule has 150 valence electrons. The van der Waals surface area contributed by atoms with Gasteiger partial charge in [0.25, 0.3) is 6.33 Å². The molecule has 0 fully saturated rings. The first kappa shape index (κ1) is 23.1. The number of hydrogen-bond donors (Lipinski definition) is 1. The van der Waals surface area contributed by atoms with Gasteiger partial charge in [0.1, 0.15) is 12.4 Å². The van der Waals surface area contributed by atoms with E-state index in [1.54, 1.807) is 12.5 Å². The van der Waals surface area contributed by atoms with Crippen molar-refractivity contribution >= 4 is 7.94 Å². The number of unbranched alkanes of at least 4 members (excludes halogenated alkanes) is 11. The van der Waals surface area contributed by atoms with Crippen molar-refractivity contribution in [1.29, 1.82) is 0 Å². The van der Waals surface area contributed by atoms with Gasteiger partial charge in [0.2, 0.25) is 0 Å². The maximum Gasteiger partial charge on any atom is 0.343 e. The second kappa shape index (κ2) is 14.2. The maximum atomic E-state index is 11.7. The highest BCUT2D eigenvalue weighted by molar-refractivity contribution is 7.58. The average molecular weight is 386 g/mol. The normalized spacial score (nSPS) is 13.5. The third-order valence-electron chi connectivity index (χ3n) is 4.52. The van der Waals surface area contributed by atoms with Crippen LogP contribution in [0.1, 0.15) is 84.0 Å². The van der Waals surface area contributed by atoms with Crippen molar-refractivity contribution in [3.63, 3.8) is 0 Å². The van der Waals surface area contributed by atoms with Crippen LogP contribution in [0.5, 0.6) is 0 Å². The van der Waals surface area contributed by atoms with Gasteiger partial charge in [0.05, 0.1) is 6.54 Å². The standard InChI is InChI=1S/C20H37N2O3P/c1-3-5-6-7-8-9-10-11-12-13-14-15-16-21-17-18-22(20-21)25-26(23,24)19-4-2/h4,17-18,20H,2-3,5-16,19H2,1H3/p+1. The van der Waals surface area contributed by atoms with Crippen LogP contribution in [-0.2, 0) is 6.54 Å². The van der Waals surface area contributed by atoms with Gasteiger partial charge in [-0.1, -0.05) is 77.7 Å². The monoisotopic (exact) mass is 385 g/mol. The van der Waals surface area contributed by atoms with Gasteiger partial charge in [-0.25, -0.2) is 9.46 Å². The zero-order valence-corrected chi connectivity index (χ0v) is 17.4. The Hall–Kier alpha value is -0.900. The Morgan fingerprint density at radius 1 is 1.04 bits per heavy atom. The van der Waals surface area contributed by atoms with Gasteiger partial charge < -0.3 is 4.89 Å². The molecule has 0 radical (unpaired) electrons. The number of imidazole rings is 1. The molecule has 0 saturated heterocycles. The lowest BCUT2D eigenvalue weighted by atomic mass is 10.1. The van der Waals surface area contributed by atoms with Crippen LogP contribution >= 0.6 is 7.94 Å². The fraction of sp³-hybridized carbons (Fsp3) is 0.750. The molecule has 0 aliphatic carbocycles. The average Bonchev–Trinajstić information content (AvgIpc) is 3.02. The Bertz CT molecular complexity index is 477. The predicted octanol–water partition coefficient (Wildman–Crippen LogP) is 4.21. The third kappa shape index (κ3) is 11.7. The zero-order chi connectivity index (χ0) is 19.1. The topological polar surface area (TPSA) is 61.3 Å². The molecule has 1 atom stereocenters. The van der Waals surface area contributed by atoms with Gasteiger partial charge in [-0.2, -0.15) is 4.62 Å². The summed E-state index contributed by atoms with van der Waals surface area (Å²) in [5.74, 6) is 0. The van der Waals surface area contributed by atoms with Gasteiger partial charge in [-0.3, -0.25) is 0 Å². The SMILES string of the molecule is C=CC[P+]([O-])(O)On1cc[n+](CCCCCCCCCCCCCC)c1. The summed E-state index contributed by atoms with van der Waals surface area (Å²) in [6.45, 7) is 6.63. The molecule has 0 aliphatic rings. The minimum Gasteiger partial charge on any atom is -0.620 e. The number of nitrogens with zero attached hydrogens (tertiary/aromatic N) is 2. The summed E-state index contributed by atoms with van der Waals surface area (Å²) in [7, 11) is -3.63. The highest BCUT2D eigenvalue weighted by Gasteiger charge is 2.28. The van der Waals surface area contributed by atoms with E-state index in [4.69, 9.17) is 4.62 Å². The molecule has 1 heterocycles. The molecule has 6 heteroatoms. The number of aryl methyl sites for hydroxylation is 1. The Kier molecular flexibility index (Phi) is 12.6. The van der Waals surface area contributed by atoms with Crippen LogP contribution in [0.3, 0.4) is 0 Å². The molecule has 0 aliphatic heterocycles. The first-order valence-electron chi connectivity index (χ1n) is 10.3. The lowest BCUT2D eigenvalue weighted by Crippen LogP contribution is -2.32. The van der Waals surface area contributed by atoms with Crippen molar-refractivity contribution in [2.45, 2.75) is 90.5 Å². The minimum atomic E-state index is -3.63. The van der Waals surface area contributed by atoms with Crippen molar-refractivity contribution in [2.24, 2.45) is 0 Å². The number of allylic oxidation sites excluding steroid dienone is 1. The fourth-order valence-corrected chi connectivity index (χ4v) is 3.82. The molecule has 0 aromatic carbocycles. The molecule has 1 N–H and O–H groups in total. The van der Waals surface area contributed by atoms with Crippen LogP contribution in [0.2, 0.25) is 0 Å². The van der Waals surface area contributed by atoms with Gasteiger partial charge in [0.15, 0.2) is 6.20 Å². The van der Waals surface area contributed by atoms with Gasteiger partial charge in [-0.15, -0.1) is 0 Å². The van der Waals surface area contributed by atoms with Crippen LogP contribution in [0.15, 0.2) is 31.4 Å². The Morgan fingerprint density at radius 3 is 2.12 bits per heavy atom. The summed E-state index contributed by atoms with van der Waals surface area (Å²) in [5.41, 5.74) is 0. The molecular formula is C20H38N2O3P+. The molecule has 1 aromatic rings. The molecule has 0 saturated carbocycles. The van der Waals surface area contributed by atoms with E-state index in [9.17, 15) is 9.79 Å². The summed E-state index contributed by atoms with van der Waals surface area (Å²) in [6, 6.07) is 0. The van der Waals surface area contributed by atoms with Crippen molar-refractivity contribution in [2.75, 3.05) is 6.16 Å². The van der Waals surface area contributed by atoms with E-state index in [0.29, 0.717) is 0 Å². The third-order valence-corrected chi connectivity index (χ3v) is 5.68. The summed E-state index contributed by atoms with van der Waals surface area (Å²) in [6.07, 6.45) is 22.6.